The van der Waals surface area contributed by atoms with Gasteiger partial charge in [0.15, 0.2) is 0 Å². The maximum Gasteiger partial charge on any atom is 0.121 e. The first-order valence-corrected chi connectivity index (χ1v) is 7.03. The molecule has 2 fully saturated rings. The molecule has 1 aliphatic heterocycles. The van der Waals surface area contributed by atoms with Crippen molar-refractivity contribution in [2.75, 3.05) is 31.1 Å². The lowest BCUT2D eigenvalue weighted by Gasteiger charge is -2.36. The Kier molecular flexibility index (Phi) is 6.93. The number of anilines is 1. The number of piperazine rings is 1. The molecule has 1 heterocycles. The first kappa shape index (κ1) is 17.4. The van der Waals surface area contributed by atoms with Crippen molar-refractivity contribution in [1.29, 1.82) is 0 Å². The van der Waals surface area contributed by atoms with E-state index in [1.165, 1.54) is 18.5 Å². The van der Waals surface area contributed by atoms with E-state index in [4.69, 9.17) is 4.74 Å². The van der Waals surface area contributed by atoms with Gasteiger partial charge >= 0.3 is 0 Å². The minimum atomic E-state index is 0. The van der Waals surface area contributed by atoms with Crippen molar-refractivity contribution in [2.24, 2.45) is 5.92 Å². The minimum absolute atomic E-state index is 0. The third-order valence-corrected chi connectivity index (χ3v) is 3.83. The highest BCUT2D eigenvalue weighted by Crippen LogP contribution is 2.30. The molecule has 0 radical (unpaired) electrons. The zero-order chi connectivity index (χ0) is 12.4. The predicted molar refractivity (Wildman–Crippen MR) is 88.8 cm³/mol. The van der Waals surface area contributed by atoms with E-state index in [2.05, 4.69) is 41.4 Å². The minimum Gasteiger partial charge on any atom is -0.493 e. The van der Waals surface area contributed by atoms with Gasteiger partial charge in [-0.05, 0) is 37.8 Å². The van der Waals surface area contributed by atoms with Gasteiger partial charge < -0.3 is 15.0 Å². The summed E-state index contributed by atoms with van der Waals surface area (Å²) in [6.07, 6.45) is 2.68. The molecule has 1 aliphatic carbocycles. The Morgan fingerprint density at radius 3 is 2.80 bits per heavy atom. The molecule has 20 heavy (non-hydrogen) atoms. The van der Waals surface area contributed by atoms with Gasteiger partial charge in [0.2, 0.25) is 0 Å². The first-order chi connectivity index (χ1) is 8.83. The van der Waals surface area contributed by atoms with Gasteiger partial charge in [0.25, 0.3) is 0 Å². The van der Waals surface area contributed by atoms with Gasteiger partial charge in [0, 0.05) is 37.4 Å². The van der Waals surface area contributed by atoms with Gasteiger partial charge in [-0.15, -0.1) is 24.8 Å². The van der Waals surface area contributed by atoms with Crippen LogP contribution in [0, 0.1) is 5.92 Å². The van der Waals surface area contributed by atoms with Crippen LogP contribution in [-0.2, 0) is 0 Å². The molecule has 1 unspecified atom stereocenters. The lowest BCUT2D eigenvalue weighted by atomic mass is 10.1. The molecule has 0 aromatic heterocycles. The topological polar surface area (TPSA) is 24.5 Å². The molecule has 2 aliphatic rings. The van der Waals surface area contributed by atoms with Crippen LogP contribution in [0.25, 0.3) is 0 Å². The maximum absolute atomic E-state index is 5.85. The van der Waals surface area contributed by atoms with Crippen molar-refractivity contribution < 1.29 is 4.74 Å². The van der Waals surface area contributed by atoms with Crippen molar-refractivity contribution in [1.82, 2.24) is 5.32 Å². The number of hydrogen-bond acceptors (Lipinski definition) is 3. The lowest BCUT2D eigenvalue weighted by Crippen LogP contribution is -2.49. The molecule has 3 rings (SSSR count). The fourth-order valence-electron chi connectivity index (χ4n) is 2.48. The highest BCUT2D eigenvalue weighted by Gasteiger charge is 2.22. The highest BCUT2D eigenvalue weighted by molar-refractivity contribution is 5.85. The summed E-state index contributed by atoms with van der Waals surface area (Å²) in [6, 6.07) is 9.10. The van der Waals surface area contributed by atoms with Gasteiger partial charge in [-0.2, -0.15) is 0 Å². The smallest absolute Gasteiger partial charge is 0.121 e. The summed E-state index contributed by atoms with van der Waals surface area (Å²) in [7, 11) is 0. The second kappa shape index (κ2) is 7.96. The fraction of sp³-hybridized carbons (Fsp3) is 0.600. The van der Waals surface area contributed by atoms with Crippen LogP contribution >= 0.6 is 24.8 Å². The Bertz CT molecular complexity index is 413. The van der Waals surface area contributed by atoms with Crippen molar-refractivity contribution in [2.45, 2.75) is 25.8 Å². The Labute approximate surface area is 133 Å². The van der Waals surface area contributed by atoms with Gasteiger partial charge in [-0.25, -0.2) is 0 Å². The van der Waals surface area contributed by atoms with Gasteiger partial charge in [-0.3, -0.25) is 0 Å². The number of ether oxygens (including phenoxy) is 1. The summed E-state index contributed by atoms with van der Waals surface area (Å²) in [6.45, 7) is 6.36. The Balaban J connectivity index is 0.000001000. The molecule has 0 spiro atoms. The average Bonchev–Trinajstić information content (AvgIpc) is 3.21. The van der Waals surface area contributed by atoms with Gasteiger partial charge in [0.1, 0.15) is 5.75 Å². The van der Waals surface area contributed by atoms with E-state index < -0.39 is 0 Å². The van der Waals surface area contributed by atoms with Crippen LogP contribution in [0.5, 0.6) is 5.75 Å². The van der Waals surface area contributed by atoms with Crippen molar-refractivity contribution in [3.63, 3.8) is 0 Å². The van der Waals surface area contributed by atoms with E-state index in [0.717, 1.165) is 37.9 Å². The third kappa shape index (κ3) is 4.44. The summed E-state index contributed by atoms with van der Waals surface area (Å²) >= 11 is 0. The molecule has 1 atom stereocenters. The molecular formula is C15H24Cl2N2O. The molecule has 0 bridgehead atoms. The SMILES string of the molecule is CC1CNCCN1c1cccc(OCC2CC2)c1.Cl.Cl. The maximum atomic E-state index is 5.85. The molecule has 1 saturated carbocycles. The molecule has 1 aromatic rings. The average molecular weight is 319 g/mol. The Morgan fingerprint density at radius 1 is 1.30 bits per heavy atom. The molecular weight excluding hydrogens is 295 g/mol. The predicted octanol–water partition coefficient (Wildman–Crippen LogP) is 3.12. The van der Waals surface area contributed by atoms with E-state index in [1.54, 1.807) is 0 Å². The van der Waals surface area contributed by atoms with Crippen LogP contribution in [0.4, 0.5) is 5.69 Å². The third-order valence-electron chi connectivity index (χ3n) is 3.83. The van der Waals surface area contributed by atoms with Crippen LogP contribution in [-0.4, -0.2) is 32.3 Å². The molecule has 5 heteroatoms. The molecule has 114 valence electrons. The molecule has 1 saturated heterocycles. The summed E-state index contributed by atoms with van der Waals surface area (Å²) in [5, 5.41) is 3.42. The zero-order valence-electron chi connectivity index (χ0n) is 11.9. The summed E-state index contributed by atoms with van der Waals surface area (Å²) in [4.78, 5) is 2.46. The number of halogens is 2. The number of hydrogen-bond donors (Lipinski definition) is 1. The number of benzene rings is 1. The lowest BCUT2D eigenvalue weighted by molar-refractivity contribution is 0.299. The quantitative estimate of drug-likeness (QED) is 0.923. The van der Waals surface area contributed by atoms with E-state index >= 15 is 0 Å². The Morgan fingerprint density at radius 2 is 2.10 bits per heavy atom. The fourth-order valence-corrected chi connectivity index (χ4v) is 2.48. The first-order valence-electron chi connectivity index (χ1n) is 7.03. The molecule has 0 amide bonds. The summed E-state index contributed by atoms with van der Waals surface area (Å²) < 4.78 is 5.85. The normalized spacial score (nSPS) is 21.6. The summed E-state index contributed by atoms with van der Waals surface area (Å²) in [5.41, 5.74) is 1.29. The van der Waals surface area contributed by atoms with Crippen molar-refractivity contribution >= 4 is 30.5 Å². The van der Waals surface area contributed by atoms with Crippen LogP contribution in [0.2, 0.25) is 0 Å². The van der Waals surface area contributed by atoms with E-state index in [-0.39, 0.29) is 24.8 Å². The zero-order valence-corrected chi connectivity index (χ0v) is 13.5. The summed E-state index contributed by atoms with van der Waals surface area (Å²) in [5.74, 6) is 1.83. The van der Waals surface area contributed by atoms with Crippen LogP contribution in [0.15, 0.2) is 24.3 Å². The standard InChI is InChI=1S/C15H22N2O.2ClH/c1-12-10-16-7-8-17(12)14-3-2-4-15(9-14)18-11-13-5-6-13;;/h2-4,9,12-13,16H,5-8,10-11H2,1H3;2*1H. The largest absolute Gasteiger partial charge is 0.493 e. The van der Waals surface area contributed by atoms with Gasteiger partial charge in [-0.1, -0.05) is 6.07 Å². The van der Waals surface area contributed by atoms with Gasteiger partial charge in [0.05, 0.1) is 6.61 Å². The van der Waals surface area contributed by atoms with Crippen molar-refractivity contribution in [3.05, 3.63) is 24.3 Å². The van der Waals surface area contributed by atoms with Crippen LogP contribution < -0.4 is 15.0 Å². The van der Waals surface area contributed by atoms with Crippen LogP contribution in [0.1, 0.15) is 19.8 Å². The molecule has 1 N–H and O–H groups in total. The van der Waals surface area contributed by atoms with E-state index in [9.17, 15) is 0 Å². The number of nitrogens with zero attached hydrogens (tertiary/aromatic N) is 1. The van der Waals surface area contributed by atoms with Crippen LogP contribution in [0.3, 0.4) is 0 Å². The second-order valence-corrected chi connectivity index (χ2v) is 5.50. The second-order valence-electron chi connectivity index (χ2n) is 5.50. The van der Waals surface area contributed by atoms with Crippen molar-refractivity contribution in [3.8, 4) is 5.75 Å². The highest BCUT2D eigenvalue weighted by atomic mass is 35.5. The Hall–Kier alpha value is -0.640. The van der Waals surface area contributed by atoms with E-state index in [0.29, 0.717) is 6.04 Å². The number of nitrogens with one attached hydrogen (secondary N) is 1. The molecule has 3 nitrogen and oxygen atoms in total. The molecule has 1 aromatic carbocycles. The monoisotopic (exact) mass is 318 g/mol. The van der Waals surface area contributed by atoms with E-state index in [1.807, 2.05) is 0 Å². The number of rotatable bonds is 4.